The SMILES string of the molecule is CC(C)N(CCCNC(=O)Nc1ccc(C(C)(C)C)cc1)C[C@H]1O[C@@H](n2cnc3c(NCCCC(=O)NCCCOCCOCCOCCCNC(=O)CCCC[C@@H]4SC[C@@H]5NC(=O)N[C@@H]54)ncnc32)[C@H](O)[C@@H]1O. The number of aromatic nitrogens is 4. The number of nitrogens with zero attached hydrogens (tertiary/aromatic N) is 5. The molecular weight excluding hydrogens is 973 g/mol. The highest BCUT2D eigenvalue weighted by molar-refractivity contribution is 8.00. The number of hydrogen-bond acceptors (Lipinski definition) is 16. The number of fused-ring (bicyclic) bond motifs is 2. The predicted molar refractivity (Wildman–Crippen MR) is 284 cm³/mol. The van der Waals surface area contributed by atoms with E-state index in [0.717, 1.165) is 37.1 Å². The quantitative estimate of drug-likeness (QED) is 0.0311. The molecule has 9 N–H and O–H groups in total. The smallest absolute Gasteiger partial charge is 0.319 e. The van der Waals surface area contributed by atoms with Crippen LogP contribution in [0.1, 0.15) is 104 Å². The van der Waals surface area contributed by atoms with Crippen molar-refractivity contribution in [3.63, 3.8) is 0 Å². The van der Waals surface area contributed by atoms with Crippen LogP contribution in [0, 0.1) is 0 Å². The number of unbranched alkanes of at least 4 members (excludes halogenated alkanes) is 1. The molecule has 3 fully saturated rings. The van der Waals surface area contributed by atoms with Crippen molar-refractivity contribution < 1.29 is 48.3 Å². The predicted octanol–water partition coefficient (Wildman–Crippen LogP) is 3.65. The summed E-state index contributed by atoms with van der Waals surface area (Å²) < 4.78 is 24.7. The number of urea groups is 2. The largest absolute Gasteiger partial charge is 0.387 e. The first-order valence-electron chi connectivity index (χ1n) is 26.5. The molecule has 1 aromatic carbocycles. The fourth-order valence-corrected chi connectivity index (χ4v) is 10.6. The molecule has 412 valence electrons. The lowest BCUT2D eigenvalue weighted by molar-refractivity contribution is -0.122. The number of aliphatic hydroxyl groups excluding tert-OH is 2. The molecule has 5 heterocycles. The van der Waals surface area contributed by atoms with Crippen LogP contribution >= 0.6 is 11.8 Å². The molecule has 0 unspecified atom stereocenters. The Balaban J connectivity index is 0.751. The summed E-state index contributed by atoms with van der Waals surface area (Å²) in [6, 6.07) is 8.05. The van der Waals surface area contributed by atoms with Crippen molar-refractivity contribution >= 4 is 58.3 Å². The molecule has 3 aromatic rings. The van der Waals surface area contributed by atoms with Gasteiger partial charge in [0, 0.05) is 88.1 Å². The first kappa shape index (κ1) is 58.4. The maximum Gasteiger partial charge on any atom is 0.319 e. The van der Waals surface area contributed by atoms with Crippen LogP contribution in [-0.4, -0.2) is 185 Å². The fourth-order valence-electron chi connectivity index (χ4n) is 9.03. The van der Waals surface area contributed by atoms with Gasteiger partial charge < -0.3 is 66.4 Å². The minimum atomic E-state index is -1.23. The Bertz CT molecular complexity index is 2200. The second-order valence-electron chi connectivity index (χ2n) is 20.4. The van der Waals surface area contributed by atoms with Crippen molar-refractivity contribution in [3.05, 3.63) is 42.5 Å². The highest BCUT2D eigenvalue weighted by atomic mass is 32.2. The van der Waals surface area contributed by atoms with Gasteiger partial charge in [-0.15, -0.1) is 0 Å². The maximum atomic E-state index is 12.6. The van der Waals surface area contributed by atoms with E-state index in [1.165, 1.54) is 18.2 Å². The zero-order valence-electron chi connectivity index (χ0n) is 43.9. The summed E-state index contributed by atoms with van der Waals surface area (Å²) >= 11 is 1.90. The molecule has 0 aliphatic carbocycles. The van der Waals surface area contributed by atoms with E-state index in [0.29, 0.717) is 133 Å². The number of hydrogen-bond donors (Lipinski definition) is 9. The third kappa shape index (κ3) is 18.4. The average molecular weight is 1060 g/mol. The molecule has 0 spiro atoms. The molecule has 3 saturated heterocycles. The normalized spacial score (nSPS) is 21.5. The van der Waals surface area contributed by atoms with E-state index in [2.05, 4.69) is 91.7 Å². The number of carbonyl (C=O) groups excluding carboxylic acids is 4. The summed E-state index contributed by atoms with van der Waals surface area (Å²) in [6.45, 7) is 16.4. The number of ether oxygens (including phenoxy) is 4. The number of nitrogens with one attached hydrogen (secondary N) is 7. The molecule has 7 atom stereocenters. The van der Waals surface area contributed by atoms with Crippen LogP contribution in [0.3, 0.4) is 0 Å². The molecule has 22 nitrogen and oxygen atoms in total. The number of thioether (sulfide) groups is 1. The zero-order chi connectivity index (χ0) is 52.9. The summed E-state index contributed by atoms with van der Waals surface area (Å²) in [5.41, 5.74) is 2.84. The summed E-state index contributed by atoms with van der Waals surface area (Å²) in [7, 11) is 0. The number of carbonyl (C=O) groups is 4. The van der Waals surface area contributed by atoms with Crippen molar-refractivity contribution in [2.75, 3.05) is 95.3 Å². The Morgan fingerprint density at radius 2 is 1.49 bits per heavy atom. The summed E-state index contributed by atoms with van der Waals surface area (Å²) in [4.78, 5) is 64.2. The van der Waals surface area contributed by atoms with E-state index in [9.17, 15) is 29.4 Å². The zero-order valence-corrected chi connectivity index (χ0v) is 44.8. The summed E-state index contributed by atoms with van der Waals surface area (Å²) in [5, 5.41) is 43.6. The molecule has 6 rings (SSSR count). The summed E-state index contributed by atoms with van der Waals surface area (Å²) in [6.07, 6.45) is 5.16. The number of aliphatic hydroxyl groups is 2. The first-order chi connectivity index (χ1) is 35.7. The molecular formula is C51H82N12O10S. The van der Waals surface area contributed by atoms with E-state index in [4.69, 9.17) is 18.9 Å². The topological polar surface area (TPSA) is 277 Å². The van der Waals surface area contributed by atoms with Gasteiger partial charge in [0.1, 0.15) is 24.6 Å². The third-order valence-corrected chi connectivity index (χ3v) is 14.8. The Hall–Kier alpha value is -4.88. The van der Waals surface area contributed by atoms with Crippen LogP contribution in [0.25, 0.3) is 11.2 Å². The minimum absolute atomic E-state index is 0.0280. The molecule has 0 bridgehead atoms. The molecule has 23 heteroatoms. The van der Waals surface area contributed by atoms with Crippen molar-refractivity contribution in [1.82, 2.24) is 51.0 Å². The van der Waals surface area contributed by atoms with E-state index in [1.54, 1.807) is 4.57 Å². The minimum Gasteiger partial charge on any atom is -0.387 e. The van der Waals surface area contributed by atoms with Gasteiger partial charge in [-0.05, 0) is 75.5 Å². The standard InChI is InChI=1S/C51H82N12O10S/c1-34(2)62(23-9-20-55-49(68)59-36-17-15-35(16-18-36)51(3,4)5)30-38-44(66)45(67)48(73-38)63-33-58-43-46(56-32-57-47(43)63)54-19-8-14-41(65)53-22-11-25-71-27-29-72-28-26-70-24-10-21-52-40(64)13-7-6-12-39-42-37(31-74-39)60-50(69)61-42/h15-18,32-34,37-39,42,44-45,48,66-67H,6-14,19-31H2,1-5H3,(H,52,64)(H,53,65)(H,54,56,57)(H2,55,59,68)(H2,60,61,69)/t37-,38+,39-,42-,44+,45+,48+/m0/s1. The lowest BCUT2D eigenvalue weighted by Gasteiger charge is -2.30. The number of imidazole rings is 1. The summed E-state index contributed by atoms with van der Waals surface area (Å²) in [5.74, 6) is 1.43. The number of anilines is 2. The van der Waals surface area contributed by atoms with Crippen LogP contribution < -0.4 is 37.2 Å². The van der Waals surface area contributed by atoms with Gasteiger partial charge in [-0.2, -0.15) is 11.8 Å². The Kier molecular flexibility index (Phi) is 23.7. The highest BCUT2D eigenvalue weighted by Gasteiger charge is 2.45. The lowest BCUT2D eigenvalue weighted by Crippen LogP contribution is -2.44. The molecule has 3 aliphatic heterocycles. The van der Waals surface area contributed by atoms with Gasteiger partial charge in [-0.3, -0.25) is 19.1 Å². The van der Waals surface area contributed by atoms with Crippen molar-refractivity contribution in [1.29, 1.82) is 0 Å². The van der Waals surface area contributed by atoms with Gasteiger partial charge in [0.2, 0.25) is 11.8 Å². The van der Waals surface area contributed by atoms with Crippen LogP contribution in [0.15, 0.2) is 36.9 Å². The molecule has 0 saturated carbocycles. The van der Waals surface area contributed by atoms with Crippen LogP contribution in [-0.2, 0) is 34.0 Å². The van der Waals surface area contributed by atoms with Gasteiger partial charge in [0.05, 0.1) is 44.8 Å². The highest BCUT2D eigenvalue weighted by Crippen LogP contribution is 2.34. The van der Waals surface area contributed by atoms with Gasteiger partial charge in [0.15, 0.2) is 23.2 Å². The lowest BCUT2D eigenvalue weighted by atomic mass is 9.87. The maximum absolute atomic E-state index is 12.6. The molecule has 2 aromatic heterocycles. The van der Waals surface area contributed by atoms with Crippen molar-refractivity contribution in [2.45, 2.75) is 146 Å². The first-order valence-corrected chi connectivity index (χ1v) is 27.5. The third-order valence-electron chi connectivity index (χ3n) is 13.3. The van der Waals surface area contributed by atoms with Gasteiger partial charge in [-0.1, -0.05) is 39.3 Å². The number of amides is 6. The molecule has 3 aliphatic rings. The van der Waals surface area contributed by atoms with E-state index in [-0.39, 0.29) is 47.4 Å². The second kappa shape index (κ2) is 30.0. The Labute approximate surface area is 439 Å². The van der Waals surface area contributed by atoms with Crippen LogP contribution in [0.2, 0.25) is 0 Å². The fraction of sp³-hybridized carbons (Fsp3) is 0.706. The van der Waals surface area contributed by atoms with Gasteiger partial charge in [-0.25, -0.2) is 24.5 Å². The Morgan fingerprint density at radius 3 is 2.16 bits per heavy atom. The van der Waals surface area contributed by atoms with Crippen LogP contribution in [0.4, 0.5) is 21.1 Å². The monoisotopic (exact) mass is 1050 g/mol. The van der Waals surface area contributed by atoms with E-state index < -0.39 is 24.5 Å². The molecule has 74 heavy (non-hydrogen) atoms. The average Bonchev–Trinajstić information content (AvgIpc) is 4.14. The molecule has 6 amide bonds. The van der Waals surface area contributed by atoms with Crippen molar-refractivity contribution in [2.24, 2.45) is 0 Å². The second-order valence-corrected chi connectivity index (χ2v) is 21.7. The van der Waals surface area contributed by atoms with Gasteiger partial charge >= 0.3 is 12.1 Å². The van der Waals surface area contributed by atoms with Crippen molar-refractivity contribution in [3.8, 4) is 0 Å². The van der Waals surface area contributed by atoms with E-state index in [1.807, 2.05) is 36.0 Å². The van der Waals surface area contributed by atoms with Crippen LogP contribution in [0.5, 0.6) is 0 Å². The number of rotatable bonds is 33. The Morgan fingerprint density at radius 1 is 0.824 bits per heavy atom. The van der Waals surface area contributed by atoms with E-state index >= 15 is 0 Å². The number of benzene rings is 1. The molecule has 0 radical (unpaired) electrons. The van der Waals surface area contributed by atoms with Gasteiger partial charge in [0.25, 0.3) is 0 Å².